The molecule has 0 saturated carbocycles. The lowest BCUT2D eigenvalue weighted by atomic mass is 9.99. The van der Waals surface area contributed by atoms with E-state index in [2.05, 4.69) is 15.3 Å². The van der Waals surface area contributed by atoms with Crippen LogP contribution in [0.3, 0.4) is 0 Å². The third-order valence-electron chi connectivity index (χ3n) is 3.80. The summed E-state index contributed by atoms with van der Waals surface area (Å²) in [6, 6.07) is 4.78. The molecule has 0 radical (unpaired) electrons. The highest BCUT2D eigenvalue weighted by atomic mass is 19.1. The third kappa shape index (κ3) is 2.86. The van der Waals surface area contributed by atoms with Gasteiger partial charge < -0.3 is 5.32 Å². The number of nitrogens with zero attached hydrogens (tertiary/aromatic N) is 2. The molecule has 0 amide bonds. The fourth-order valence-electron chi connectivity index (χ4n) is 2.75. The molecule has 0 bridgehead atoms. The average molecular weight is 313 g/mol. The van der Waals surface area contributed by atoms with Gasteiger partial charge >= 0.3 is 0 Å². The zero-order chi connectivity index (χ0) is 16.6. The minimum Gasteiger partial charge on any atom is -0.338 e. The predicted molar refractivity (Wildman–Crippen MR) is 88.0 cm³/mol. The van der Waals surface area contributed by atoms with Crippen LogP contribution in [0.15, 0.2) is 36.8 Å². The minimum atomic E-state index is -0.408. The van der Waals surface area contributed by atoms with Crippen molar-refractivity contribution >= 4 is 22.3 Å². The Balaban J connectivity index is 2.04. The van der Waals surface area contributed by atoms with E-state index in [1.54, 1.807) is 24.5 Å². The molecule has 0 aliphatic carbocycles. The second kappa shape index (κ2) is 5.91. The summed E-state index contributed by atoms with van der Waals surface area (Å²) in [4.78, 5) is 8.01. The first-order valence-corrected chi connectivity index (χ1v) is 7.42. The van der Waals surface area contributed by atoms with E-state index in [0.717, 1.165) is 5.56 Å². The summed E-state index contributed by atoms with van der Waals surface area (Å²) in [7, 11) is 0. The highest BCUT2D eigenvalue weighted by molar-refractivity contribution is 5.86. The number of aryl methyl sites for hydroxylation is 1. The third-order valence-corrected chi connectivity index (χ3v) is 3.80. The molecule has 0 fully saturated rings. The van der Waals surface area contributed by atoms with Crippen molar-refractivity contribution in [1.29, 1.82) is 0 Å². The van der Waals surface area contributed by atoms with Crippen LogP contribution in [0.1, 0.15) is 30.9 Å². The Kier molecular flexibility index (Phi) is 3.94. The number of benzene rings is 1. The lowest BCUT2D eigenvalue weighted by molar-refractivity contribution is 0.594. The van der Waals surface area contributed by atoms with Crippen LogP contribution in [-0.4, -0.2) is 9.97 Å². The predicted octanol–water partition coefficient (Wildman–Crippen LogP) is 5.08. The van der Waals surface area contributed by atoms with E-state index in [4.69, 9.17) is 0 Å². The Labute approximate surface area is 133 Å². The Morgan fingerprint density at radius 3 is 2.65 bits per heavy atom. The minimum absolute atomic E-state index is 0.0398. The molecule has 0 unspecified atom stereocenters. The first-order valence-electron chi connectivity index (χ1n) is 7.42. The molecule has 5 heteroatoms. The number of pyridine rings is 2. The van der Waals surface area contributed by atoms with E-state index in [1.807, 2.05) is 20.8 Å². The second-order valence-corrected chi connectivity index (χ2v) is 5.85. The number of halogens is 2. The van der Waals surface area contributed by atoms with Crippen molar-refractivity contribution in [3.05, 3.63) is 59.6 Å². The van der Waals surface area contributed by atoms with Crippen molar-refractivity contribution in [1.82, 2.24) is 9.97 Å². The summed E-state index contributed by atoms with van der Waals surface area (Å²) < 4.78 is 28.8. The van der Waals surface area contributed by atoms with Crippen LogP contribution in [0.25, 0.3) is 10.8 Å². The van der Waals surface area contributed by atoms with E-state index in [9.17, 15) is 8.78 Å². The summed E-state index contributed by atoms with van der Waals surface area (Å²) >= 11 is 0. The van der Waals surface area contributed by atoms with Gasteiger partial charge in [-0.25, -0.2) is 13.8 Å². The van der Waals surface area contributed by atoms with Crippen LogP contribution < -0.4 is 5.32 Å². The quantitative estimate of drug-likeness (QED) is 0.732. The Hall–Kier alpha value is -2.56. The smallest absolute Gasteiger partial charge is 0.169 e. The van der Waals surface area contributed by atoms with E-state index in [1.165, 1.54) is 12.3 Å². The molecular formula is C18H17F2N3. The van der Waals surface area contributed by atoms with Gasteiger partial charge in [-0.3, -0.25) is 4.98 Å². The number of hydrogen-bond acceptors (Lipinski definition) is 3. The highest BCUT2D eigenvalue weighted by Crippen LogP contribution is 2.29. The van der Waals surface area contributed by atoms with E-state index in [0.29, 0.717) is 22.0 Å². The molecular weight excluding hydrogens is 296 g/mol. The fraction of sp³-hybridized carbons (Fsp3) is 0.222. The zero-order valence-corrected chi connectivity index (χ0v) is 13.2. The molecule has 118 valence electrons. The van der Waals surface area contributed by atoms with Crippen LogP contribution in [0.5, 0.6) is 0 Å². The monoisotopic (exact) mass is 313 g/mol. The van der Waals surface area contributed by atoms with Gasteiger partial charge in [-0.05, 0) is 47.6 Å². The molecule has 1 N–H and O–H groups in total. The van der Waals surface area contributed by atoms with Gasteiger partial charge in [0.1, 0.15) is 5.82 Å². The molecule has 3 rings (SSSR count). The van der Waals surface area contributed by atoms with Crippen LogP contribution >= 0.6 is 0 Å². The van der Waals surface area contributed by atoms with Crippen LogP contribution in [0.4, 0.5) is 20.3 Å². The maximum atomic E-state index is 14.7. The fourth-order valence-corrected chi connectivity index (χ4v) is 2.75. The SMILES string of the molecule is Cc1cnc(Nc2cc(F)c3cnccc3c2)c(F)c1C(C)C. The Bertz CT molecular complexity index is 876. The standard InChI is InChI=1S/C18H17F2N3/c1-10(2)16-11(3)8-22-18(17(16)20)23-13-6-12-4-5-21-9-14(12)15(19)7-13/h4-10H,1-3H3,(H,22,23). The van der Waals surface area contributed by atoms with Crippen molar-refractivity contribution in [2.75, 3.05) is 5.32 Å². The number of anilines is 2. The lowest BCUT2D eigenvalue weighted by Crippen LogP contribution is -2.05. The van der Waals surface area contributed by atoms with E-state index < -0.39 is 11.6 Å². The topological polar surface area (TPSA) is 37.8 Å². The van der Waals surface area contributed by atoms with Crippen molar-refractivity contribution in [3.8, 4) is 0 Å². The number of nitrogens with one attached hydrogen (secondary N) is 1. The van der Waals surface area contributed by atoms with E-state index >= 15 is 0 Å². The summed E-state index contributed by atoms with van der Waals surface area (Å²) in [5, 5.41) is 4.00. The molecule has 0 aliphatic heterocycles. The Morgan fingerprint density at radius 1 is 1.13 bits per heavy atom. The van der Waals surface area contributed by atoms with Crippen LogP contribution in [-0.2, 0) is 0 Å². The normalized spacial score (nSPS) is 11.2. The molecule has 2 aromatic heterocycles. The maximum Gasteiger partial charge on any atom is 0.169 e. The van der Waals surface area contributed by atoms with Gasteiger partial charge in [-0.1, -0.05) is 13.8 Å². The first-order chi connectivity index (χ1) is 11.0. The summed E-state index contributed by atoms with van der Waals surface area (Å²) in [6.07, 6.45) is 4.69. The van der Waals surface area contributed by atoms with E-state index in [-0.39, 0.29) is 11.7 Å². The number of fused-ring (bicyclic) bond motifs is 1. The highest BCUT2D eigenvalue weighted by Gasteiger charge is 2.16. The number of aromatic nitrogens is 2. The van der Waals surface area contributed by atoms with Crippen molar-refractivity contribution in [2.45, 2.75) is 26.7 Å². The number of rotatable bonds is 3. The van der Waals surface area contributed by atoms with Crippen molar-refractivity contribution in [2.24, 2.45) is 0 Å². The summed E-state index contributed by atoms with van der Waals surface area (Å²) in [6.45, 7) is 5.69. The first kappa shape index (κ1) is 15.3. The summed E-state index contributed by atoms with van der Waals surface area (Å²) in [5.41, 5.74) is 1.87. The second-order valence-electron chi connectivity index (χ2n) is 5.85. The molecule has 0 atom stereocenters. The summed E-state index contributed by atoms with van der Waals surface area (Å²) in [5.74, 6) is -0.657. The number of hydrogen-bond donors (Lipinski definition) is 1. The van der Waals surface area contributed by atoms with Crippen LogP contribution in [0.2, 0.25) is 0 Å². The van der Waals surface area contributed by atoms with Gasteiger partial charge in [-0.15, -0.1) is 0 Å². The molecule has 23 heavy (non-hydrogen) atoms. The van der Waals surface area contributed by atoms with Gasteiger partial charge in [0, 0.05) is 29.7 Å². The van der Waals surface area contributed by atoms with Gasteiger partial charge in [0.2, 0.25) is 0 Å². The molecule has 0 saturated heterocycles. The largest absolute Gasteiger partial charge is 0.338 e. The van der Waals surface area contributed by atoms with Gasteiger partial charge in [-0.2, -0.15) is 0 Å². The Morgan fingerprint density at radius 2 is 1.91 bits per heavy atom. The molecule has 3 aromatic rings. The molecule has 2 heterocycles. The average Bonchev–Trinajstić information content (AvgIpc) is 2.50. The van der Waals surface area contributed by atoms with Crippen molar-refractivity contribution in [3.63, 3.8) is 0 Å². The van der Waals surface area contributed by atoms with Crippen molar-refractivity contribution < 1.29 is 8.78 Å². The lowest BCUT2D eigenvalue weighted by Gasteiger charge is -2.15. The molecule has 3 nitrogen and oxygen atoms in total. The molecule has 0 spiro atoms. The van der Waals surface area contributed by atoms with Gasteiger partial charge in [0.15, 0.2) is 11.6 Å². The zero-order valence-electron chi connectivity index (χ0n) is 13.2. The molecule has 0 aliphatic rings. The van der Waals surface area contributed by atoms with Gasteiger partial charge in [0.25, 0.3) is 0 Å². The molecule has 1 aromatic carbocycles. The van der Waals surface area contributed by atoms with Gasteiger partial charge in [0.05, 0.1) is 0 Å². The maximum absolute atomic E-state index is 14.7. The van der Waals surface area contributed by atoms with Crippen LogP contribution in [0, 0.1) is 18.6 Å².